The van der Waals surface area contributed by atoms with E-state index in [1.165, 1.54) is 0 Å². The molecular weight excluding hydrogens is 218 g/mol. The maximum atomic E-state index is 10.8. The molecule has 0 spiro atoms. The van der Waals surface area contributed by atoms with Gasteiger partial charge in [0.25, 0.3) is 0 Å². The lowest BCUT2D eigenvalue weighted by Crippen LogP contribution is -2.32. The summed E-state index contributed by atoms with van der Waals surface area (Å²) in [6, 6.07) is 7.61. The Morgan fingerprint density at radius 3 is 2.41 bits per heavy atom. The molecule has 94 valence electrons. The molecule has 1 aromatic rings. The van der Waals surface area contributed by atoms with E-state index in [0.717, 1.165) is 11.3 Å². The summed E-state index contributed by atoms with van der Waals surface area (Å²) in [5.74, 6) is -0.0205. The fourth-order valence-electron chi connectivity index (χ4n) is 1.81. The Labute approximate surface area is 101 Å². The monoisotopic (exact) mass is 237 g/mol. The SMILES string of the molecule is COc1ccc(CC(C)(CN)CC(=O)O)cc1. The highest BCUT2D eigenvalue weighted by molar-refractivity contribution is 5.67. The first kappa shape index (κ1) is 13.5. The van der Waals surface area contributed by atoms with Gasteiger partial charge < -0.3 is 15.6 Å². The van der Waals surface area contributed by atoms with Crippen LogP contribution >= 0.6 is 0 Å². The Balaban J connectivity index is 2.75. The minimum Gasteiger partial charge on any atom is -0.497 e. The van der Waals surface area contributed by atoms with Crippen molar-refractivity contribution >= 4 is 5.97 Å². The normalized spacial score (nSPS) is 14.1. The van der Waals surface area contributed by atoms with Gasteiger partial charge in [0, 0.05) is 0 Å². The highest BCUT2D eigenvalue weighted by atomic mass is 16.5. The van der Waals surface area contributed by atoms with Crippen LogP contribution in [0.25, 0.3) is 0 Å². The minimum absolute atomic E-state index is 0.0789. The van der Waals surface area contributed by atoms with Crippen molar-refractivity contribution in [2.45, 2.75) is 19.8 Å². The molecule has 4 heteroatoms. The van der Waals surface area contributed by atoms with Crippen molar-refractivity contribution in [3.05, 3.63) is 29.8 Å². The van der Waals surface area contributed by atoms with Crippen LogP contribution in [-0.2, 0) is 11.2 Å². The topological polar surface area (TPSA) is 72.5 Å². The van der Waals surface area contributed by atoms with Gasteiger partial charge in [-0.15, -0.1) is 0 Å². The third kappa shape index (κ3) is 4.07. The van der Waals surface area contributed by atoms with Crippen molar-refractivity contribution in [1.82, 2.24) is 0 Å². The van der Waals surface area contributed by atoms with E-state index in [1.54, 1.807) is 7.11 Å². The van der Waals surface area contributed by atoms with Crippen molar-refractivity contribution in [3.8, 4) is 5.75 Å². The van der Waals surface area contributed by atoms with Crippen LogP contribution in [-0.4, -0.2) is 24.7 Å². The molecule has 17 heavy (non-hydrogen) atoms. The van der Waals surface area contributed by atoms with Crippen LogP contribution in [0.15, 0.2) is 24.3 Å². The van der Waals surface area contributed by atoms with Crippen molar-refractivity contribution in [3.63, 3.8) is 0 Å². The first-order valence-electron chi connectivity index (χ1n) is 5.54. The molecule has 4 nitrogen and oxygen atoms in total. The lowest BCUT2D eigenvalue weighted by atomic mass is 9.81. The third-order valence-corrected chi connectivity index (χ3v) is 2.86. The lowest BCUT2D eigenvalue weighted by molar-refractivity contribution is -0.139. The molecule has 0 saturated carbocycles. The summed E-state index contributed by atoms with van der Waals surface area (Å²) in [6.07, 6.45) is 0.731. The number of methoxy groups -OCH3 is 1. The third-order valence-electron chi connectivity index (χ3n) is 2.86. The van der Waals surface area contributed by atoms with Crippen LogP contribution in [0.5, 0.6) is 5.75 Å². The molecule has 0 aliphatic heterocycles. The fraction of sp³-hybridized carbons (Fsp3) is 0.462. The van der Waals surface area contributed by atoms with E-state index in [9.17, 15) is 4.79 Å². The van der Waals surface area contributed by atoms with Crippen LogP contribution in [0.4, 0.5) is 0 Å². The molecule has 0 radical (unpaired) electrons. The van der Waals surface area contributed by atoms with E-state index in [1.807, 2.05) is 31.2 Å². The molecule has 0 heterocycles. The molecule has 0 amide bonds. The van der Waals surface area contributed by atoms with Crippen LogP contribution in [0.3, 0.4) is 0 Å². The van der Waals surface area contributed by atoms with Gasteiger partial charge in [-0.3, -0.25) is 4.79 Å². The molecule has 1 rings (SSSR count). The Kier molecular flexibility index (Phi) is 4.52. The summed E-state index contributed by atoms with van der Waals surface area (Å²) >= 11 is 0. The van der Waals surface area contributed by atoms with Crippen molar-refractivity contribution in [2.75, 3.05) is 13.7 Å². The molecule has 0 aromatic heterocycles. The number of aliphatic carboxylic acids is 1. The second-order valence-corrected chi connectivity index (χ2v) is 4.61. The smallest absolute Gasteiger partial charge is 0.303 e. The van der Waals surface area contributed by atoms with Gasteiger partial charge in [0.05, 0.1) is 13.5 Å². The lowest BCUT2D eigenvalue weighted by Gasteiger charge is -2.26. The Morgan fingerprint density at radius 1 is 1.41 bits per heavy atom. The number of hydrogen-bond donors (Lipinski definition) is 2. The summed E-state index contributed by atoms with van der Waals surface area (Å²) in [5.41, 5.74) is 6.34. The van der Waals surface area contributed by atoms with Gasteiger partial charge in [0.2, 0.25) is 0 Å². The molecule has 0 aliphatic carbocycles. The van der Waals surface area contributed by atoms with Gasteiger partial charge in [-0.05, 0) is 36.1 Å². The van der Waals surface area contributed by atoms with Gasteiger partial charge >= 0.3 is 5.97 Å². The number of carbonyl (C=O) groups is 1. The summed E-state index contributed by atoms with van der Waals surface area (Å²) in [6.45, 7) is 2.25. The molecule has 1 aromatic carbocycles. The van der Waals surface area contributed by atoms with Crippen molar-refractivity contribution < 1.29 is 14.6 Å². The zero-order valence-electron chi connectivity index (χ0n) is 10.3. The summed E-state index contributed by atoms with van der Waals surface area (Å²) in [4.78, 5) is 10.8. The average Bonchev–Trinajstić information content (AvgIpc) is 2.29. The van der Waals surface area contributed by atoms with Gasteiger partial charge in [0.1, 0.15) is 5.75 Å². The first-order chi connectivity index (χ1) is 7.99. The molecule has 3 N–H and O–H groups in total. The van der Waals surface area contributed by atoms with E-state index in [4.69, 9.17) is 15.6 Å². The zero-order valence-corrected chi connectivity index (χ0v) is 10.3. The number of rotatable bonds is 6. The first-order valence-corrected chi connectivity index (χ1v) is 5.54. The largest absolute Gasteiger partial charge is 0.497 e. The summed E-state index contributed by atoms with van der Waals surface area (Å²) in [5, 5.41) is 8.86. The average molecular weight is 237 g/mol. The molecule has 0 bridgehead atoms. The summed E-state index contributed by atoms with van der Waals surface area (Å²) < 4.78 is 5.07. The van der Waals surface area contributed by atoms with E-state index in [2.05, 4.69) is 0 Å². The quantitative estimate of drug-likeness (QED) is 0.789. The van der Waals surface area contributed by atoms with Gasteiger partial charge in [-0.1, -0.05) is 19.1 Å². The maximum absolute atomic E-state index is 10.8. The van der Waals surface area contributed by atoms with Crippen molar-refractivity contribution in [1.29, 1.82) is 0 Å². The molecule has 0 fully saturated rings. The van der Waals surface area contributed by atoms with Crippen LogP contribution < -0.4 is 10.5 Å². The standard InChI is InChI=1S/C13H19NO3/c1-13(9-14,8-12(15)16)7-10-3-5-11(17-2)6-4-10/h3-6H,7-9,14H2,1-2H3,(H,15,16). The molecular formula is C13H19NO3. The van der Waals surface area contributed by atoms with Crippen LogP contribution in [0, 0.1) is 5.41 Å². The van der Waals surface area contributed by atoms with E-state index < -0.39 is 11.4 Å². The van der Waals surface area contributed by atoms with Gasteiger partial charge in [0.15, 0.2) is 0 Å². The predicted molar refractivity (Wildman–Crippen MR) is 66.1 cm³/mol. The van der Waals surface area contributed by atoms with Crippen molar-refractivity contribution in [2.24, 2.45) is 11.1 Å². The second kappa shape index (κ2) is 5.68. The molecule has 0 aliphatic rings. The number of nitrogens with two attached hydrogens (primary N) is 1. The second-order valence-electron chi connectivity index (χ2n) is 4.61. The van der Waals surface area contributed by atoms with E-state index >= 15 is 0 Å². The van der Waals surface area contributed by atoms with Gasteiger partial charge in [-0.2, -0.15) is 0 Å². The molecule has 1 atom stereocenters. The Bertz CT molecular complexity index is 375. The highest BCUT2D eigenvalue weighted by Gasteiger charge is 2.26. The number of ether oxygens (including phenoxy) is 1. The highest BCUT2D eigenvalue weighted by Crippen LogP contribution is 2.26. The zero-order chi connectivity index (χ0) is 12.9. The number of carboxylic acids is 1. The van der Waals surface area contributed by atoms with E-state index in [-0.39, 0.29) is 6.42 Å². The van der Waals surface area contributed by atoms with E-state index in [0.29, 0.717) is 13.0 Å². The molecule has 0 saturated heterocycles. The number of hydrogen-bond acceptors (Lipinski definition) is 3. The fourth-order valence-corrected chi connectivity index (χ4v) is 1.81. The van der Waals surface area contributed by atoms with Crippen LogP contribution in [0.2, 0.25) is 0 Å². The van der Waals surface area contributed by atoms with Crippen LogP contribution in [0.1, 0.15) is 18.9 Å². The molecule has 1 unspecified atom stereocenters. The predicted octanol–water partition coefficient (Wildman–Crippen LogP) is 1.68. The van der Waals surface area contributed by atoms with Gasteiger partial charge in [-0.25, -0.2) is 0 Å². The minimum atomic E-state index is -0.813. The Morgan fingerprint density at radius 2 is 2.00 bits per heavy atom. The number of benzene rings is 1. The number of carboxylic acid groups (broad SMARTS) is 1. The summed E-state index contributed by atoms with van der Waals surface area (Å²) in [7, 11) is 1.61. The maximum Gasteiger partial charge on any atom is 0.303 e. The Hall–Kier alpha value is -1.55.